The van der Waals surface area contributed by atoms with Crippen LogP contribution in [0.25, 0.3) is 109 Å². The SMILES string of the molecule is N#Cc1nc2c3ccc(-n4c5ccccc5c5ccc6ccccc6c54)cc3c3cc(-n4c5ccccc5c5ccc6ccccc6c54)ccc3c2nc1C#N. The summed E-state index contributed by atoms with van der Waals surface area (Å²) in [5.41, 5.74) is 7.79. The third-order valence-corrected chi connectivity index (χ3v) is 11.5. The molecule has 3 heterocycles. The molecule has 0 aliphatic rings. The smallest absolute Gasteiger partial charge is 0.177 e. The van der Waals surface area contributed by atoms with Crippen molar-refractivity contribution in [1.29, 1.82) is 10.5 Å². The molecule has 12 rings (SSSR count). The maximum Gasteiger partial charge on any atom is 0.177 e. The Hall–Kier alpha value is -8.06. The van der Waals surface area contributed by atoms with Gasteiger partial charge in [0.05, 0.1) is 33.1 Å². The van der Waals surface area contributed by atoms with Crippen molar-refractivity contribution in [2.45, 2.75) is 0 Å². The summed E-state index contributed by atoms with van der Waals surface area (Å²) in [6, 6.07) is 60.3. The standard InChI is InChI=1S/C50H26N6/c51-27-43-44(28-52)54-48-38-24-20-32(56-46-16-8-6-14-36(46)40-22-18-30-10-2-4-12-34(30)50(40)56)26-42(38)41-25-31(19-23-37(41)47(48)53-43)55-45-15-7-5-13-35(45)39-21-17-29-9-1-3-11-33(29)49(39)55/h1-26H. The largest absolute Gasteiger partial charge is 0.309 e. The van der Waals surface area contributed by atoms with Crippen molar-refractivity contribution in [3.05, 3.63) is 169 Å². The fraction of sp³-hybridized carbons (Fsp3) is 0. The minimum Gasteiger partial charge on any atom is -0.309 e. The number of rotatable bonds is 2. The Bertz CT molecular complexity index is 3550. The van der Waals surface area contributed by atoms with Gasteiger partial charge in [0.1, 0.15) is 12.1 Å². The summed E-state index contributed by atoms with van der Waals surface area (Å²) in [6.07, 6.45) is 0. The second-order valence-electron chi connectivity index (χ2n) is 14.4. The van der Waals surface area contributed by atoms with E-state index in [0.717, 1.165) is 55.0 Å². The fourth-order valence-electron chi connectivity index (χ4n) is 9.16. The summed E-state index contributed by atoms with van der Waals surface area (Å²) < 4.78 is 4.74. The molecule has 0 fully saturated rings. The fourth-order valence-corrected chi connectivity index (χ4v) is 9.16. The molecule has 0 saturated carbocycles. The van der Waals surface area contributed by atoms with Crippen LogP contribution in [0.2, 0.25) is 0 Å². The quantitative estimate of drug-likeness (QED) is 0.167. The van der Waals surface area contributed by atoms with Crippen LogP contribution in [0.5, 0.6) is 0 Å². The van der Waals surface area contributed by atoms with E-state index >= 15 is 0 Å². The lowest BCUT2D eigenvalue weighted by atomic mass is 9.97. The molecule has 0 unspecified atom stereocenters. The van der Waals surface area contributed by atoms with Gasteiger partial charge in [-0.2, -0.15) is 10.5 Å². The second kappa shape index (κ2) is 11.2. The van der Waals surface area contributed by atoms with E-state index < -0.39 is 0 Å². The van der Waals surface area contributed by atoms with Crippen LogP contribution in [0.4, 0.5) is 0 Å². The topological polar surface area (TPSA) is 83.2 Å². The first-order valence-electron chi connectivity index (χ1n) is 18.5. The Labute approximate surface area is 318 Å². The molecule has 0 saturated heterocycles. The van der Waals surface area contributed by atoms with E-state index in [1.807, 2.05) is 0 Å². The molecule has 0 N–H and O–H groups in total. The lowest BCUT2D eigenvalue weighted by Crippen LogP contribution is -2.00. The zero-order chi connectivity index (χ0) is 37.1. The molecule has 0 aliphatic heterocycles. The molecular formula is C50H26N6. The van der Waals surface area contributed by atoms with E-state index in [0.29, 0.717) is 11.0 Å². The van der Waals surface area contributed by atoms with Gasteiger partial charge in [-0.1, -0.05) is 121 Å². The number of fused-ring (bicyclic) bond motifs is 16. The molecule has 256 valence electrons. The van der Waals surface area contributed by atoms with Crippen LogP contribution in [-0.2, 0) is 0 Å². The molecule has 9 aromatic carbocycles. The predicted octanol–water partition coefficient (Wildman–Crippen LogP) is 12.2. The van der Waals surface area contributed by atoms with Gasteiger partial charge in [-0.05, 0) is 57.9 Å². The van der Waals surface area contributed by atoms with Crippen molar-refractivity contribution < 1.29 is 0 Å². The Balaban J connectivity index is 1.24. The number of hydrogen-bond donors (Lipinski definition) is 0. The third kappa shape index (κ3) is 4.02. The number of hydrogen-bond acceptors (Lipinski definition) is 4. The molecule has 56 heavy (non-hydrogen) atoms. The maximum absolute atomic E-state index is 10.0. The average molecular weight is 711 g/mol. The van der Waals surface area contributed by atoms with Gasteiger partial charge < -0.3 is 9.13 Å². The van der Waals surface area contributed by atoms with Crippen molar-refractivity contribution in [2.75, 3.05) is 0 Å². The normalized spacial score (nSPS) is 11.9. The maximum atomic E-state index is 10.0. The highest BCUT2D eigenvalue weighted by atomic mass is 15.0. The number of aromatic nitrogens is 4. The second-order valence-corrected chi connectivity index (χ2v) is 14.4. The summed E-state index contributed by atoms with van der Waals surface area (Å²) in [5.74, 6) is 0. The first-order valence-corrected chi connectivity index (χ1v) is 18.5. The zero-order valence-electron chi connectivity index (χ0n) is 29.7. The summed E-state index contributed by atoms with van der Waals surface area (Å²) in [5, 5.41) is 33.2. The highest BCUT2D eigenvalue weighted by molar-refractivity contribution is 6.25. The number of nitrogens with zero attached hydrogens (tertiary/aromatic N) is 6. The third-order valence-electron chi connectivity index (χ3n) is 11.5. The molecule has 6 nitrogen and oxygen atoms in total. The van der Waals surface area contributed by atoms with Crippen LogP contribution >= 0.6 is 0 Å². The van der Waals surface area contributed by atoms with Gasteiger partial charge in [-0.3, -0.25) is 0 Å². The molecule has 12 aromatic rings. The van der Waals surface area contributed by atoms with E-state index in [9.17, 15) is 10.5 Å². The lowest BCUT2D eigenvalue weighted by molar-refractivity contribution is 1.19. The molecule has 3 aromatic heterocycles. The number of benzene rings is 9. The highest BCUT2D eigenvalue weighted by Gasteiger charge is 2.21. The van der Waals surface area contributed by atoms with E-state index in [2.05, 4.69) is 179 Å². The lowest BCUT2D eigenvalue weighted by Gasteiger charge is -2.16. The van der Waals surface area contributed by atoms with E-state index in [1.54, 1.807) is 0 Å². The molecule has 0 bridgehead atoms. The van der Waals surface area contributed by atoms with Crippen LogP contribution in [0.3, 0.4) is 0 Å². The van der Waals surface area contributed by atoms with Gasteiger partial charge in [0.25, 0.3) is 0 Å². The molecule has 0 amide bonds. The van der Waals surface area contributed by atoms with Crippen LogP contribution < -0.4 is 0 Å². The summed E-state index contributed by atoms with van der Waals surface area (Å²) in [6.45, 7) is 0. The Morgan fingerprint density at radius 3 is 1.20 bits per heavy atom. The van der Waals surface area contributed by atoms with Gasteiger partial charge in [-0.15, -0.1) is 0 Å². The summed E-state index contributed by atoms with van der Waals surface area (Å²) in [4.78, 5) is 9.61. The molecule has 0 radical (unpaired) electrons. The van der Waals surface area contributed by atoms with Crippen LogP contribution in [-0.4, -0.2) is 19.1 Å². The average Bonchev–Trinajstić information content (AvgIpc) is 3.79. The van der Waals surface area contributed by atoms with Crippen molar-refractivity contribution in [3.63, 3.8) is 0 Å². The van der Waals surface area contributed by atoms with Crippen LogP contribution in [0.1, 0.15) is 11.4 Å². The summed E-state index contributed by atoms with van der Waals surface area (Å²) in [7, 11) is 0. The van der Waals surface area contributed by atoms with Crippen molar-refractivity contribution >= 4 is 97.7 Å². The van der Waals surface area contributed by atoms with Gasteiger partial charge >= 0.3 is 0 Å². The van der Waals surface area contributed by atoms with E-state index in [1.165, 1.54) is 43.1 Å². The molecule has 0 spiro atoms. The van der Waals surface area contributed by atoms with Crippen molar-refractivity contribution in [1.82, 2.24) is 19.1 Å². The number of para-hydroxylation sites is 2. The molecular weight excluding hydrogens is 685 g/mol. The van der Waals surface area contributed by atoms with Crippen molar-refractivity contribution in [2.24, 2.45) is 0 Å². The van der Waals surface area contributed by atoms with E-state index in [-0.39, 0.29) is 11.4 Å². The van der Waals surface area contributed by atoms with Gasteiger partial charge in [0, 0.05) is 54.5 Å². The van der Waals surface area contributed by atoms with E-state index in [4.69, 9.17) is 9.97 Å². The van der Waals surface area contributed by atoms with Gasteiger partial charge in [-0.25, -0.2) is 9.97 Å². The highest BCUT2D eigenvalue weighted by Crippen LogP contribution is 2.42. The minimum atomic E-state index is 0.0207. The van der Waals surface area contributed by atoms with Crippen LogP contribution in [0.15, 0.2) is 158 Å². The first-order chi connectivity index (χ1) is 27.7. The molecule has 0 atom stereocenters. The van der Waals surface area contributed by atoms with Crippen molar-refractivity contribution in [3.8, 4) is 23.5 Å². The molecule has 6 heteroatoms. The zero-order valence-corrected chi connectivity index (χ0v) is 29.7. The first kappa shape index (κ1) is 30.4. The monoisotopic (exact) mass is 710 g/mol. The Morgan fingerprint density at radius 2 is 0.750 bits per heavy atom. The Morgan fingerprint density at radius 1 is 0.357 bits per heavy atom. The summed E-state index contributed by atoms with van der Waals surface area (Å²) >= 11 is 0. The number of nitriles is 2. The van der Waals surface area contributed by atoms with Gasteiger partial charge in [0.2, 0.25) is 0 Å². The molecule has 0 aliphatic carbocycles. The van der Waals surface area contributed by atoms with Gasteiger partial charge in [0.15, 0.2) is 11.4 Å². The minimum absolute atomic E-state index is 0.0207. The predicted molar refractivity (Wildman–Crippen MR) is 228 cm³/mol. The van der Waals surface area contributed by atoms with Crippen LogP contribution in [0, 0.1) is 22.7 Å². The Kier molecular flexibility index (Phi) is 6.10.